The molecule has 1 amide bonds. The minimum atomic E-state index is -2.73. The van der Waals surface area contributed by atoms with Gasteiger partial charge in [0.05, 0.1) is 43.1 Å². The third kappa shape index (κ3) is 7.28. The molecule has 1 saturated heterocycles. The number of hydrogen-bond acceptors (Lipinski definition) is 8. The van der Waals surface area contributed by atoms with E-state index in [9.17, 15) is 23.2 Å². The van der Waals surface area contributed by atoms with Crippen LogP contribution in [-0.2, 0) is 25.5 Å². The fraction of sp³-hybridized carbons (Fsp3) is 0.686. The van der Waals surface area contributed by atoms with Crippen LogP contribution in [0.5, 0.6) is 11.6 Å². The molecule has 3 aliphatic rings. The van der Waals surface area contributed by atoms with E-state index in [0.717, 1.165) is 44.9 Å². The highest BCUT2D eigenvalue weighted by molar-refractivity contribution is 5.87. The van der Waals surface area contributed by atoms with E-state index in [4.69, 9.17) is 24.2 Å². The number of rotatable bonds is 4. The van der Waals surface area contributed by atoms with Crippen LogP contribution in [0.4, 0.5) is 8.78 Å². The first-order valence-electron chi connectivity index (χ1n) is 16.6. The number of aldehydes is 1. The SMILES string of the molecule is COc1ccc2nc3c(nc2c1)O[C@H]1CN(C(=O)[C@H](C(C)(C)C)CC(=O)O[C@]2(C)CCC[C@H]2CCCCC3)[C@H](C=O)[C@@H]1CC(F)F. The second-order valence-corrected chi connectivity index (χ2v) is 14.5. The summed E-state index contributed by atoms with van der Waals surface area (Å²) >= 11 is 0. The van der Waals surface area contributed by atoms with Crippen LogP contribution in [0.15, 0.2) is 18.2 Å². The molecule has 6 atom stereocenters. The Labute approximate surface area is 269 Å². The maximum absolute atomic E-state index is 14.3. The Morgan fingerprint density at radius 1 is 1.11 bits per heavy atom. The average Bonchev–Trinajstić information content (AvgIpc) is 3.52. The van der Waals surface area contributed by atoms with Crippen LogP contribution in [0.25, 0.3) is 11.0 Å². The summed E-state index contributed by atoms with van der Waals surface area (Å²) in [4.78, 5) is 51.2. The van der Waals surface area contributed by atoms with Gasteiger partial charge in [0.15, 0.2) is 0 Å². The number of carbonyl (C=O) groups excluding carboxylic acids is 3. The molecule has 252 valence electrons. The van der Waals surface area contributed by atoms with Gasteiger partial charge >= 0.3 is 5.97 Å². The van der Waals surface area contributed by atoms with E-state index in [1.807, 2.05) is 33.8 Å². The maximum Gasteiger partial charge on any atom is 0.307 e. The molecule has 1 aliphatic carbocycles. The van der Waals surface area contributed by atoms with Gasteiger partial charge in [-0.2, -0.15) is 0 Å². The van der Waals surface area contributed by atoms with Crippen molar-refractivity contribution >= 4 is 29.2 Å². The number of ether oxygens (including phenoxy) is 3. The zero-order valence-electron chi connectivity index (χ0n) is 27.6. The standard InChI is InChI=1S/C35H47F2N3O6/c1-34(2,3)24-18-31(42)46-35(4)15-9-11-21(35)10-7-6-8-12-26-32(39-27-16-22(44-5)13-14-25(27)38-26)45-29-19-40(33(24)43)28(20-41)23(29)17-30(36)37/h13-14,16,20-21,23-24,28-30H,6-12,15,17-19H2,1-5H3/t21-,23+,24-,28-,29+,35-/m1/s1. The molecule has 3 heterocycles. The lowest BCUT2D eigenvalue weighted by molar-refractivity contribution is -0.167. The molecule has 0 radical (unpaired) electrons. The quantitative estimate of drug-likeness (QED) is 0.281. The van der Waals surface area contributed by atoms with Gasteiger partial charge in [0.2, 0.25) is 18.2 Å². The number of benzene rings is 1. The van der Waals surface area contributed by atoms with Crippen LogP contribution in [0.2, 0.25) is 0 Å². The van der Waals surface area contributed by atoms with Crippen molar-refractivity contribution in [2.24, 2.45) is 23.2 Å². The van der Waals surface area contributed by atoms with Crippen molar-refractivity contribution in [2.45, 2.75) is 116 Å². The van der Waals surface area contributed by atoms with Crippen molar-refractivity contribution in [1.29, 1.82) is 0 Å². The van der Waals surface area contributed by atoms with E-state index in [1.165, 1.54) is 4.90 Å². The van der Waals surface area contributed by atoms with E-state index in [2.05, 4.69) is 0 Å². The molecule has 1 aromatic carbocycles. The summed E-state index contributed by atoms with van der Waals surface area (Å²) < 4.78 is 45.9. The molecule has 1 saturated carbocycles. The van der Waals surface area contributed by atoms with Gasteiger partial charge in [0, 0.05) is 18.4 Å². The van der Waals surface area contributed by atoms with Crippen molar-refractivity contribution in [3.63, 3.8) is 0 Å². The number of halogens is 2. The number of amides is 1. The molecule has 5 rings (SSSR count). The van der Waals surface area contributed by atoms with Crippen molar-refractivity contribution in [3.05, 3.63) is 23.9 Å². The third-order valence-electron chi connectivity index (χ3n) is 10.3. The minimum Gasteiger partial charge on any atom is -0.497 e. The zero-order valence-corrected chi connectivity index (χ0v) is 27.6. The number of alkyl halides is 2. The molecule has 2 fully saturated rings. The first-order chi connectivity index (χ1) is 21.8. The Balaban J connectivity index is 1.56. The van der Waals surface area contributed by atoms with Crippen molar-refractivity contribution in [3.8, 4) is 11.6 Å². The normalized spacial score (nSPS) is 29.8. The summed E-state index contributed by atoms with van der Waals surface area (Å²) in [6, 6.07) is 4.21. The number of aryl methyl sites for hydroxylation is 1. The van der Waals surface area contributed by atoms with Crippen LogP contribution in [0.3, 0.4) is 0 Å². The molecule has 1 aromatic heterocycles. The Bertz CT molecular complexity index is 1430. The Morgan fingerprint density at radius 2 is 1.87 bits per heavy atom. The van der Waals surface area contributed by atoms with Crippen LogP contribution >= 0.6 is 0 Å². The van der Waals surface area contributed by atoms with Crippen molar-refractivity contribution in [2.75, 3.05) is 13.7 Å². The molecule has 2 aromatic rings. The van der Waals surface area contributed by atoms with E-state index >= 15 is 0 Å². The maximum atomic E-state index is 14.3. The Hall–Kier alpha value is -3.37. The zero-order chi connectivity index (χ0) is 33.2. The van der Waals surface area contributed by atoms with E-state index in [-0.39, 0.29) is 24.8 Å². The van der Waals surface area contributed by atoms with Crippen molar-refractivity contribution in [1.82, 2.24) is 14.9 Å². The molecule has 2 aliphatic heterocycles. The third-order valence-corrected chi connectivity index (χ3v) is 10.3. The van der Waals surface area contributed by atoms with Gasteiger partial charge in [-0.1, -0.05) is 33.6 Å². The van der Waals surface area contributed by atoms with Gasteiger partial charge in [-0.3, -0.25) is 9.59 Å². The minimum absolute atomic E-state index is 0.0989. The molecule has 0 spiro atoms. The number of fused-ring (bicyclic) bond motifs is 5. The van der Waals surface area contributed by atoms with Gasteiger partial charge < -0.3 is 23.9 Å². The summed E-state index contributed by atoms with van der Waals surface area (Å²) in [7, 11) is 1.55. The van der Waals surface area contributed by atoms with E-state index in [1.54, 1.807) is 19.2 Å². The number of hydrogen-bond donors (Lipinski definition) is 0. The highest BCUT2D eigenvalue weighted by Crippen LogP contribution is 2.43. The smallest absolute Gasteiger partial charge is 0.307 e. The number of carbonyl (C=O) groups is 3. The predicted molar refractivity (Wildman–Crippen MR) is 168 cm³/mol. The topological polar surface area (TPSA) is 108 Å². The number of methoxy groups -OCH3 is 1. The highest BCUT2D eigenvalue weighted by atomic mass is 19.3. The van der Waals surface area contributed by atoms with E-state index in [0.29, 0.717) is 35.2 Å². The summed E-state index contributed by atoms with van der Waals surface area (Å²) in [6.07, 6.45) is 2.95. The van der Waals surface area contributed by atoms with Crippen LogP contribution in [0.1, 0.15) is 91.2 Å². The van der Waals surface area contributed by atoms with Crippen LogP contribution in [-0.4, -0.2) is 70.9 Å². The predicted octanol–water partition coefficient (Wildman–Crippen LogP) is 6.34. The lowest BCUT2D eigenvalue weighted by Gasteiger charge is -2.36. The summed E-state index contributed by atoms with van der Waals surface area (Å²) in [5.74, 6) is -1.69. The number of nitrogens with zero attached hydrogens (tertiary/aromatic N) is 3. The molecule has 11 heteroatoms. The summed E-state index contributed by atoms with van der Waals surface area (Å²) in [5.41, 5.74) is 0.504. The van der Waals surface area contributed by atoms with E-state index < -0.39 is 59.7 Å². The fourth-order valence-corrected chi connectivity index (χ4v) is 7.60. The highest BCUT2D eigenvalue weighted by Gasteiger charge is 2.50. The first-order valence-corrected chi connectivity index (χ1v) is 16.6. The second kappa shape index (κ2) is 13.8. The molecule has 9 nitrogen and oxygen atoms in total. The molecular weight excluding hydrogens is 596 g/mol. The molecule has 0 unspecified atom stereocenters. The van der Waals surface area contributed by atoms with Gasteiger partial charge in [-0.05, 0) is 68.9 Å². The lowest BCUT2D eigenvalue weighted by Crippen LogP contribution is -2.47. The number of aromatic nitrogens is 2. The Kier molecular flexibility index (Phi) is 10.2. The fourth-order valence-electron chi connectivity index (χ4n) is 7.60. The van der Waals surface area contributed by atoms with Gasteiger partial charge in [-0.15, -0.1) is 0 Å². The first kappa shape index (κ1) is 34.0. The molecule has 2 bridgehead atoms. The Morgan fingerprint density at radius 3 is 2.57 bits per heavy atom. The largest absolute Gasteiger partial charge is 0.497 e. The average molecular weight is 644 g/mol. The lowest BCUT2D eigenvalue weighted by atomic mass is 9.77. The van der Waals surface area contributed by atoms with Crippen LogP contribution < -0.4 is 9.47 Å². The van der Waals surface area contributed by atoms with Crippen molar-refractivity contribution < 1.29 is 37.4 Å². The summed E-state index contributed by atoms with van der Waals surface area (Å²) in [5, 5.41) is 0. The number of esters is 1. The van der Waals surface area contributed by atoms with Gasteiger partial charge in [0.1, 0.15) is 29.4 Å². The molecule has 46 heavy (non-hydrogen) atoms. The van der Waals surface area contributed by atoms with Crippen LogP contribution in [0, 0.1) is 23.2 Å². The van der Waals surface area contributed by atoms with Gasteiger partial charge in [-0.25, -0.2) is 18.7 Å². The summed E-state index contributed by atoms with van der Waals surface area (Å²) in [6.45, 7) is 7.48. The molecule has 0 N–H and O–H groups in total. The monoisotopic (exact) mass is 643 g/mol. The second-order valence-electron chi connectivity index (χ2n) is 14.5. The van der Waals surface area contributed by atoms with Gasteiger partial charge in [0.25, 0.3) is 0 Å². The molecular formula is C35H47F2N3O6.